The molecular weight excluding hydrogens is 352 g/mol. The SMILES string of the molecule is Oc1cccc(O)c1.[O-][n+]1ccc(-c2nnc(-c3cc[n+]([O-])cc3)o2)cc1. The number of hydrogen-bond donors (Lipinski definition) is 2. The fourth-order valence-corrected chi connectivity index (χ4v) is 2.06. The van der Waals surface area contributed by atoms with E-state index in [1.54, 1.807) is 30.3 Å². The lowest BCUT2D eigenvalue weighted by Crippen LogP contribution is -2.23. The Labute approximate surface area is 153 Å². The number of rotatable bonds is 2. The molecule has 0 atom stereocenters. The average Bonchev–Trinajstić information content (AvgIpc) is 3.13. The van der Waals surface area contributed by atoms with Crippen molar-refractivity contribution in [1.29, 1.82) is 0 Å². The third kappa shape index (κ3) is 4.69. The molecule has 0 aliphatic rings. The van der Waals surface area contributed by atoms with Crippen molar-refractivity contribution in [2.75, 3.05) is 0 Å². The van der Waals surface area contributed by atoms with Gasteiger partial charge in [0, 0.05) is 30.3 Å². The standard InChI is InChI=1S/C12H8N4O3.C6H6O2/c17-15-5-1-9(2-6-15)11-13-14-12(19-11)10-3-7-16(18)8-4-10;7-5-2-1-3-6(8)4-5/h1-8H;1-4,7-8H. The summed E-state index contributed by atoms with van der Waals surface area (Å²) in [7, 11) is 0. The van der Waals surface area contributed by atoms with E-state index in [0.29, 0.717) is 32.4 Å². The van der Waals surface area contributed by atoms with Crippen molar-refractivity contribution in [2.45, 2.75) is 0 Å². The van der Waals surface area contributed by atoms with Gasteiger partial charge in [0.2, 0.25) is 11.8 Å². The predicted molar refractivity (Wildman–Crippen MR) is 92.9 cm³/mol. The lowest BCUT2D eigenvalue weighted by molar-refractivity contribution is -0.605. The molecule has 0 radical (unpaired) electrons. The monoisotopic (exact) mass is 366 g/mol. The van der Waals surface area contributed by atoms with Crippen molar-refractivity contribution >= 4 is 0 Å². The van der Waals surface area contributed by atoms with E-state index in [1.807, 2.05) is 0 Å². The zero-order valence-electron chi connectivity index (χ0n) is 13.8. The molecule has 3 aromatic heterocycles. The lowest BCUT2D eigenvalue weighted by atomic mass is 10.3. The predicted octanol–water partition coefficient (Wildman–Crippen LogP) is 1.77. The molecule has 3 heterocycles. The summed E-state index contributed by atoms with van der Waals surface area (Å²) in [5, 5.41) is 47.0. The second-order valence-electron chi connectivity index (χ2n) is 5.33. The molecule has 0 amide bonds. The Morgan fingerprint density at radius 3 is 1.44 bits per heavy atom. The topological polar surface area (TPSA) is 133 Å². The number of phenols is 2. The van der Waals surface area contributed by atoms with Gasteiger partial charge < -0.3 is 25.0 Å². The van der Waals surface area contributed by atoms with Crippen LogP contribution in [0.4, 0.5) is 0 Å². The number of nitrogens with zero attached hydrogens (tertiary/aromatic N) is 4. The number of aromatic hydroxyl groups is 2. The molecule has 0 unspecified atom stereocenters. The summed E-state index contributed by atoms with van der Waals surface area (Å²) in [5.41, 5.74) is 1.31. The molecule has 0 aliphatic heterocycles. The second kappa shape index (κ2) is 7.83. The van der Waals surface area contributed by atoms with Gasteiger partial charge in [-0.2, -0.15) is 9.46 Å². The maximum absolute atomic E-state index is 10.9. The van der Waals surface area contributed by atoms with Crippen LogP contribution in [0.1, 0.15) is 0 Å². The van der Waals surface area contributed by atoms with Gasteiger partial charge in [-0.1, -0.05) is 6.07 Å². The Hall–Kier alpha value is -4.14. The molecular formula is C18H14N4O5. The maximum atomic E-state index is 10.9. The van der Waals surface area contributed by atoms with Crippen LogP contribution in [-0.2, 0) is 0 Å². The Balaban J connectivity index is 0.000000221. The molecule has 136 valence electrons. The van der Waals surface area contributed by atoms with E-state index in [0.717, 1.165) is 0 Å². The summed E-state index contributed by atoms with van der Waals surface area (Å²) >= 11 is 0. The Morgan fingerprint density at radius 2 is 1.11 bits per heavy atom. The van der Waals surface area contributed by atoms with Gasteiger partial charge in [-0.15, -0.1) is 10.2 Å². The van der Waals surface area contributed by atoms with Crippen molar-refractivity contribution in [3.8, 4) is 34.4 Å². The van der Waals surface area contributed by atoms with Crippen molar-refractivity contribution in [1.82, 2.24) is 10.2 Å². The third-order valence-electron chi connectivity index (χ3n) is 3.35. The summed E-state index contributed by atoms with van der Waals surface area (Å²) in [4.78, 5) is 0. The van der Waals surface area contributed by atoms with Gasteiger partial charge in [0.05, 0.1) is 11.1 Å². The summed E-state index contributed by atoms with van der Waals surface area (Å²) < 4.78 is 6.83. The van der Waals surface area contributed by atoms with E-state index in [4.69, 9.17) is 14.6 Å². The first-order valence-electron chi connectivity index (χ1n) is 7.71. The fourth-order valence-electron chi connectivity index (χ4n) is 2.06. The van der Waals surface area contributed by atoms with Gasteiger partial charge in [0.1, 0.15) is 11.5 Å². The van der Waals surface area contributed by atoms with Crippen molar-refractivity contribution in [3.63, 3.8) is 0 Å². The van der Waals surface area contributed by atoms with Crippen LogP contribution in [0.5, 0.6) is 11.5 Å². The van der Waals surface area contributed by atoms with Crippen LogP contribution < -0.4 is 9.46 Å². The zero-order chi connectivity index (χ0) is 19.2. The van der Waals surface area contributed by atoms with Crippen LogP contribution in [0.3, 0.4) is 0 Å². The normalized spacial score (nSPS) is 10.1. The van der Waals surface area contributed by atoms with E-state index in [-0.39, 0.29) is 11.5 Å². The van der Waals surface area contributed by atoms with Gasteiger partial charge in [-0.25, -0.2) is 0 Å². The van der Waals surface area contributed by atoms with Crippen molar-refractivity contribution < 1.29 is 24.1 Å². The van der Waals surface area contributed by atoms with Gasteiger partial charge >= 0.3 is 0 Å². The van der Waals surface area contributed by atoms with Crippen LogP contribution in [0, 0.1) is 10.4 Å². The minimum absolute atomic E-state index is 0.0880. The van der Waals surface area contributed by atoms with E-state index in [1.165, 1.54) is 43.0 Å². The summed E-state index contributed by atoms with van der Waals surface area (Å²) in [6.07, 6.45) is 5.40. The molecule has 0 fully saturated rings. The van der Waals surface area contributed by atoms with E-state index in [9.17, 15) is 10.4 Å². The highest BCUT2D eigenvalue weighted by molar-refractivity contribution is 5.56. The van der Waals surface area contributed by atoms with Gasteiger partial charge in [0.15, 0.2) is 24.8 Å². The van der Waals surface area contributed by atoms with Gasteiger partial charge in [-0.3, -0.25) is 0 Å². The minimum atomic E-state index is 0.0880. The number of benzene rings is 1. The highest BCUT2D eigenvalue weighted by Gasteiger charge is 2.11. The maximum Gasteiger partial charge on any atom is 0.248 e. The molecule has 9 heteroatoms. The first kappa shape index (κ1) is 17.7. The first-order valence-corrected chi connectivity index (χ1v) is 7.71. The Kier molecular flexibility index (Phi) is 5.12. The smallest absolute Gasteiger partial charge is 0.248 e. The van der Waals surface area contributed by atoms with Crippen LogP contribution in [-0.4, -0.2) is 20.4 Å². The third-order valence-corrected chi connectivity index (χ3v) is 3.35. The van der Waals surface area contributed by atoms with Crippen LogP contribution in [0.15, 0.2) is 77.7 Å². The van der Waals surface area contributed by atoms with E-state index in [2.05, 4.69) is 10.2 Å². The molecule has 0 bridgehead atoms. The largest absolute Gasteiger partial charge is 0.619 e. The molecule has 1 aromatic carbocycles. The molecule has 9 nitrogen and oxygen atoms in total. The highest BCUT2D eigenvalue weighted by Crippen LogP contribution is 2.22. The first-order chi connectivity index (χ1) is 13.0. The van der Waals surface area contributed by atoms with Crippen molar-refractivity contribution in [3.05, 3.63) is 83.7 Å². The fraction of sp³-hybridized carbons (Fsp3) is 0. The van der Waals surface area contributed by atoms with Crippen LogP contribution in [0.25, 0.3) is 22.9 Å². The molecule has 2 N–H and O–H groups in total. The second-order valence-corrected chi connectivity index (χ2v) is 5.33. The molecule has 0 saturated carbocycles. The number of pyridine rings is 2. The lowest BCUT2D eigenvalue weighted by Gasteiger charge is -1.96. The molecule has 0 saturated heterocycles. The molecule has 0 spiro atoms. The van der Waals surface area contributed by atoms with E-state index >= 15 is 0 Å². The summed E-state index contributed by atoms with van der Waals surface area (Å²) in [6, 6.07) is 12.2. The Bertz CT molecular complexity index is 939. The number of hydrogen-bond acceptors (Lipinski definition) is 7. The van der Waals surface area contributed by atoms with Gasteiger partial charge in [0.25, 0.3) is 0 Å². The average molecular weight is 366 g/mol. The molecule has 0 aliphatic carbocycles. The molecule has 4 rings (SSSR count). The van der Waals surface area contributed by atoms with Crippen molar-refractivity contribution in [2.24, 2.45) is 0 Å². The van der Waals surface area contributed by atoms with Gasteiger partial charge in [-0.05, 0) is 12.1 Å². The number of phenolic OH excluding ortho intramolecular Hbond substituents is 2. The quantitative estimate of drug-likeness (QED) is 0.408. The summed E-state index contributed by atoms with van der Waals surface area (Å²) in [5.74, 6) is 0.805. The Morgan fingerprint density at radius 1 is 0.704 bits per heavy atom. The van der Waals surface area contributed by atoms with Crippen LogP contribution >= 0.6 is 0 Å². The summed E-state index contributed by atoms with van der Waals surface area (Å²) in [6.45, 7) is 0. The number of aromatic nitrogens is 4. The van der Waals surface area contributed by atoms with E-state index < -0.39 is 0 Å². The highest BCUT2D eigenvalue weighted by atomic mass is 16.5. The minimum Gasteiger partial charge on any atom is -0.619 e. The zero-order valence-corrected chi connectivity index (χ0v) is 13.8. The molecule has 4 aromatic rings. The van der Waals surface area contributed by atoms with Crippen LogP contribution in [0.2, 0.25) is 0 Å². The molecule has 27 heavy (non-hydrogen) atoms.